The number of hydrogen-bond donors (Lipinski definition) is 0. The van der Waals surface area contributed by atoms with Crippen molar-refractivity contribution in [2.24, 2.45) is 5.16 Å². The smallest absolute Gasteiger partial charge is 0.172 e. The molecule has 68 valence electrons. The van der Waals surface area contributed by atoms with E-state index in [1.807, 2.05) is 0 Å². The second kappa shape index (κ2) is 5.03. The van der Waals surface area contributed by atoms with E-state index < -0.39 is 0 Å². The van der Waals surface area contributed by atoms with Crippen LogP contribution in [0.1, 0.15) is 5.56 Å². The van der Waals surface area contributed by atoms with E-state index in [0.717, 1.165) is 0 Å². The average Bonchev–Trinajstić information content (AvgIpc) is 2.15. The molecule has 1 aromatic rings. The number of halogens is 1. The van der Waals surface area contributed by atoms with Crippen LogP contribution < -0.4 is 0 Å². The highest BCUT2D eigenvalue weighted by atomic mass is 18.2. The number of hydrogen-bond acceptors (Lipinski definition) is 3. The largest absolute Gasteiger partial charge is 0.388 e. The number of nitrogens with zero attached hydrogens (tertiary/aromatic N) is 1. The van der Waals surface area contributed by atoms with Crippen molar-refractivity contribution >= 4 is 12.5 Å². The Hall–Kier alpha value is -1.71. The molecule has 0 bridgehead atoms. The van der Waals surface area contributed by atoms with E-state index in [1.165, 1.54) is 18.3 Å². The average molecular weight is 180 g/mol. The molecule has 0 fully saturated rings. The van der Waals surface area contributed by atoms with Gasteiger partial charge >= 0.3 is 0 Å². The van der Waals surface area contributed by atoms with Gasteiger partial charge in [-0.05, 0) is 17.7 Å². The van der Waals surface area contributed by atoms with Crippen molar-refractivity contribution in [2.75, 3.05) is 6.61 Å². The van der Waals surface area contributed by atoms with Crippen molar-refractivity contribution in [3.63, 3.8) is 0 Å². The fraction of sp³-hybridized carbons (Fsp3) is 0.111. The van der Waals surface area contributed by atoms with Gasteiger partial charge in [-0.15, -0.1) is 0 Å². The van der Waals surface area contributed by atoms with Gasteiger partial charge < -0.3 is 4.84 Å². The van der Waals surface area contributed by atoms with E-state index in [4.69, 9.17) is 0 Å². The van der Waals surface area contributed by atoms with Crippen LogP contribution in [-0.4, -0.2) is 19.1 Å². The first-order chi connectivity index (χ1) is 6.33. The minimum Gasteiger partial charge on any atom is -0.388 e. The lowest BCUT2D eigenvalue weighted by atomic mass is 10.2. The Morgan fingerprint density at radius 3 is 2.69 bits per heavy atom. The standard InChI is InChI=1S/C9H8FNO2/c10-9-3-1-8(2-4-9)7-11-13-6-5-12/h1-5,7H,6H2/b11-7+/i10-1. The zero-order chi connectivity index (χ0) is 9.52. The zero-order valence-corrected chi connectivity index (χ0v) is 6.81. The highest BCUT2D eigenvalue weighted by Crippen LogP contribution is 1.99. The van der Waals surface area contributed by atoms with Gasteiger partial charge in [-0.25, -0.2) is 4.39 Å². The van der Waals surface area contributed by atoms with E-state index in [0.29, 0.717) is 11.8 Å². The van der Waals surface area contributed by atoms with Crippen molar-refractivity contribution in [1.82, 2.24) is 0 Å². The summed E-state index contributed by atoms with van der Waals surface area (Å²) in [5, 5.41) is 3.48. The first-order valence-electron chi connectivity index (χ1n) is 3.67. The summed E-state index contributed by atoms with van der Waals surface area (Å²) in [7, 11) is 0. The highest BCUT2D eigenvalue weighted by Gasteiger charge is 1.88. The Morgan fingerprint density at radius 1 is 1.38 bits per heavy atom. The molecule has 0 aliphatic rings. The maximum Gasteiger partial charge on any atom is 0.172 e. The normalized spacial score (nSPS) is 10.2. The summed E-state index contributed by atoms with van der Waals surface area (Å²) in [6.45, 7) is -0.0717. The number of benzene rings is 1. The van der Waals surface area contributed by atoms with Crippen LogP contribution in [0.3, 0.4) is 0 Å². The van der Waals surface area contributed by atoms with Crippen LogP contribution in [0.2, 0.25) is 0 Å². The minimum absolute atomic E-state index is 0.0717. The molecule has 0 atom stereocenters. The molecule has 0 aliphatic carbocycles. The van der Waals surface area contributed by atoms with Crippen LogP contribution in [0.15, 0.2) is 29.4 Å². The monoisotopic (exact) mass is 180 g/mol. The second-order valence-corrected chi connectivity index (χ2v) is 2.25. The fourth-order valence-corrected chi connectivity index (χ4v) is 0.720. The third-order valence-corrected chi connectivity index (χ3v) is 1.29. The van der Waals surface area contributed by atoms with Gasteiger partial charge in [0.2, 0.25) is 0 Å². The molecule has 0 spiro atoms. The summed E-state index contributed by atoms with van der Waals surface area (Å²) >= 11 is 0. The lowest BCUT2D eigenvalue weighted by Gasteiger charge is -1.92. The maximum atomic E-state index is 12.4. The lowest BCUT2D eigenvalue weighted by molar-refractivity contribution is -0.111. The molecular weight excluding hydrogens is 172 g/mol. The second-order valence-electron chi connectivity index (χ2n) is 2.25. The summed E-state index contributed by atoms with van der Waals surface area (Å²) in [6, 6.07) is 5.76. The molecule has 1 aromatic carbocycles. The molecule has 0 aliphatic heterocycles. The van der Waals surface area contributed by atoms with E-state index in [9.17, 15) is 9.18 Å². The Kier molecular flexibility index (Phi) is 3.63. The molecule has 0 amide bonds. The molecule has 0 saturated carbocycles. The lowest BCUT2D eigenvalue weighted by Crippen LogP contribution is -1.89. The number of carbonyl (C=O) groups is 1. The molecule has 1 rings (SSSR count). The molecule has 0 N–H and O–H groups in total. The third kappa shape index (κ3) is 3.46. The van der Waals surface area contributed by atoms with Crippen LogP contribution in [0.4, 0.5) is 4.39 Å². The van der Waals surface area contributed by atoms with Crippen LogP contribution in [0, 0.1) is 5.82 Å². The van der Waals surface area contributed by atoms with Crippen LogP contribution in [0.25, 0.3) is 0 Å². The van der Waals surface area contributed by atoms with Crippen molar-refractivity contribution < 1.29 is 14.0 Å². The number of aldehydes is 1. The molecule has 0 heterocycles. The third-order valence-electron chi connectivity index (χ3n) is 1.29. The van der Waals surface area contributed by atoms with Gasteiger partial charge in [0.05, 0.1) is 6.21 Å². The van der Waals surface area contributed by atoms with E-state index >= 15 is 0 Å². The highest BCUT2D eigenvalue weighted by molar-refractivity contribution is 5.78. The molecule has 0 aromatic heterocycles. The predicted molar refractivity (Wildman–Crippen MR) is 46.0 cm³/mol. The molecule has 3 nitrogen and oxygen atoms in total. The summed E-state index contributed by atoms with van der Waals surface area (Å²) in [4.78, 5) is 14.3. The Labute approximate surface area is 74.8 Å². The van der Waals surface area contributed by atoms with Gasteiger partial charge in [0.15, 0.2) is 12.9 Å². The van der Waals surface area contributed by atoms with Gasteiger partial charge in [0.1, 0.15) is 5.82 Å². The predicted octanol–water partition coefficient (Wildman–Crippen LogP) is 1.38. The minimum atomic E-state index is -0.300. The number of carbonyl (C=O) groups excluding carboxylic acids is 1. The molecule has 0 radical (unpaired) electrons. The first-order valence-corrected chi connectivity index (χ1v) is 3.67. The Balaban J connectivity index is 2.49. The Morgan fingerprint density at radius 2 is 2.08 bits per heavy atom. The van der Waals surface area contributed by atoms with Crippen LogP contribution in [0.5, 0.6) is 0 Å². The molecule has 13 heavy (non-hydrogen) atoms. The van der Waals surface area contributed by atoms with Crippen molar-refractivity contribution in [1.29, 1.82) is 0 Å². The summed E-state index contributed by atoms with van der Waals surface area (Å²) < 4.78 is 12.4. The Bertz CT molecular complexity index is 295. The summed E-state index contributed by atoms with van der Waals surface area (Å²) in [5.41, 5.74) is 0.715. The van der Waals surface area contributed by atoms with E-state index in [2.05, 4.69) is 9.99 Å². The van der Waals surface area contributed by atoms with Crippen molar-refractivity contribution in [2.45, 2.75) is 0 Å². The van der Waals surface area contributed by atoms with Gasteiger partial charge in [0.25, 0.3) is 0 Å². The maximum absolute atomic E-state index is 12.4. The first kappa shape index (κ1) is 9.38. The topological polar surface area (TPSA) is 38.7 Å². The fourth-order valence-electron chi connectivity index (χ4n) is 0.720. The van der Waals surface area contributed by atoms with Crippen LogP contribution in [-0.2, 0) is 9.63 Å². The van der Waals surface area contributed by atoms with Gasteiger partial charge in [0, 0.05) is 0 Å². The van der Waals surface area contributed by atoms with Gasteiger partial charge in [-0.1, -0.05) is 17.3 Å². The van der Waals surface area contributed by atoms with Crippen LogP contribution >= 0.6 is 0 Å². The quantitative estimate of drug-likeness (QED) is 0.304. The molecule has 0 saturated heterocycles. The molecule has 4 heteroatoms. The van der Waals surface area contributed by atoms with E-state index in [1.54, 1.807) is 12.1 Å². The summed E-state index contributed by atoms with van der Waals surface area (Å²) in [5.74, 6) is -0.300. The van der Waals surface area contributed by atoms with E-state index in [-0.39, 0.29) is 12.4 Å². The summed E-state index contributed by atoms with van der Waals surface area (Å²) in [6.07, 6.45) is 2.00. The zero-order valence-electron chi connectivity index (χ0n) is 6.81. The van der Waals surface area contributed by atoms with Gasteiger partial charge in [-0.2, -0.15) is 0 Å². The number of oxime groups is 1. The van der Waals surface area contributed by atoms with Gasteiger partial charge in [-0.3, -0.25) is 4.79 Å². The SMILES string of the molecule is O=CCO/N=C/c1ccc([18F])cc1. The number of rotatable bonds is 4. The van der Waals surface area contributed by atoms with Crippen molar-refractivity contribution in [3.8, 4) is 0 Å². The molecule has 0 unspecified atom stereocenters. The molecular formula is C9H8FNO2. The van der Waals surface area contributed by atoms with Crippen molar-refractivity contribution in [3.05, 3.63) is 35.6 Å².